The van der Waals surface area contributed by atoms with E-state index in [2.05, 4.69) is 74.5 Å². The summed E-state index contributed by atoms with van der Waals surface area (Å²) < 4.78 is 5.85. The van der Waals surface area contributed by atoms with Crippen LogP contribution in [0.25, 0.3) is 0 Å². The van der Waals surface area contributed by atoms with Crippen LogP contribution < -0.4 is 21.7 Å². The summed E-state index contributed by atoms with van der Waals surface area (Å²) in [5.74, 6) is 0.863. The zero-order valence-corrected chi connectivity index (χ0v) is 16.9. The lowest BCUT2D eigenvalue weighted by molar-refractivity contribution is 0.187. The van der Waals surface area contributed by atoms with E-state index in [1.807, 2.05) is 0 Å². The zero-order valence-electron chi connectivity index (χ0n) is 14.9. The lowest BCUT2D eigenvalue weighted by Gasteiger charge is -2.29. The number of nitrogen functional groups attached to an aromatic ring is 1. The molecule has 0 amide bonds. The number of aromatic nitrogens is 3. The van der Waals surface area contributed by atoms with Crippen molar-refractivity contribution in [2.75, 3.05) is 5.73 Å². The Morgan fingerprint density at radius 3 is 2.33 bits per heavy atom. The molecular formula is C12H26N8O2Si2. The third kappa shape index (κ3) is 9.17. The van der Waals surface area contributed by atoms with Crippen LogP contribution in [0.3, 0.4) is 0 Å². The molecule has 10 nitrogen and oxygen atoms in total. The van der Waals surface area contributed by atoms with Gasteiger partial charge < -0.3 is 20.5 Å². The summed E-state index contributed by atoms with van der Waals surface area (Å²) in [6.45, 7) is 13.1. The molecule has 2 rings (SSSR count). The largest absolute Gasteiger partial charge is 0.382 e. The van der Waals surface area contributed by atoms with Gasteiger partial charge in [-0.15, -0.1) is 0 Å². The molecular weight excluding hydrogens is 344 g/mol. The first kappa shape index (κ1) is 20.0. The van der Waals surface area contributed by atoms with Gasteiger partial charge in [-0.1, -0.05) is 19.6 Å². The fourth-order valence-corrected chi connectivity index (χ4v) is 3.12. The lowest BCUT2D eigenvalue weighted by atomic mass is 10.8. The smallest absolute Gasteiger partial charge is 0.349 e. The molecule has 0 saturated heterocycles. The van der Waals surface area contributed by atoms with Crippen molar-refractivity contribution in [3.63, 3.8) is 0 Å². The van der Waals surface area contributed by atoms with Crippen molar-refractivity contribution in [1.29, 1.82) is 0 Å². The first-order valence-corrected chi connectivity index (χ1v) is 14.3. The van der Waals surface area contributed by atoms with Gasteiger partial charge in [-0.2, -0.15) is 4.98 Å². The predicted molar refractivity (Wildman–Crippen MR) is 101 cm³/mol. The molecule has 1 aromatic heterocycles. The normalized spacial score (nSPS) is 17.2. The van der Waals surface area contributed by atoms with Gasteiger partial charge >= 0.3 is 5.69 Å². The molecule has 0 aromatic carbocycles. The van der Waals surface area contributed by atoms with E-state index < -0.39 is 22.2 Å². The van der Waals surface area contributed by atoms with Gasteiger partial charge in [0.25, 0.3) is 0 Å². The van der Waals surface area contributed by atoms with Crippen LogP contribution in [0.2, 0.25) is 39.3 Å². The number of anilines is 1. The van der Waals surface area contributed by atoms with Crippen molar-refractivity contribution in [1.82, 2.24) is 25.3 Å². The molecule has 2 heterocycles. The van der Waals surface area contributed by atoms with E-state index in [0.717, 1.165) is 12.3 Å². The number of aliphatic imine (C=N–C) groups is 2. The number of nitrogens with one attached hydrogen (secondary N) is 3. The number of H-pyrrole nitrogens is 1. The summed E-state index contributed by atoms with van der Waals surface area (Å²) in [5, 5.41) is 3.15. The van der Waals surface area contributed by atoms with E-state index in [-0.39, 0.29) is 12.3 Å². The van der Waals surface area contributed by atoms with Gasteiger partial charge in [0.1, 0.15) is 20.9 Å². The molecule has 134 valence electrons. The summed E-state index contributed by atoms with van der Waals surface area (Å²) in [6, 6.07) is 0. The van der Waals surface area contributed by atoms with Crippen molar-refractivity contribution in [3.8, 4) is 0 Å². The standard InChI is InChI=1S/C9H22N4OSi2.C3H4N4O/c1-15(2,3)13-8-10-7-11-9(12-8)14-16(4,5)6;4-2-5-1-6-3(8)7-2/h7,9H,1-6H3,(H2,10,11,12,13);1H,(H3,4,5,6,7,8). The minimum atomic E-state index is -1.58. The maximum atomic E-state index is 10.2. The average molecular weight is 371 g/mol. The fraction of sp³-hybridized carbons (Fsp3) is 0.583. The summed E-state index contributed by atoms with van der Waals surface area (Å²) in [7, 11) is -2.96. The third-order valence-corrected chi connectivity index (χ3v) is 4.13. The summed E-state index contributed by atoms with van der Waals surface area (Å²) in [5.41, 5.74) is 4.58. The second-order valence-corrected chi connectivity index (χ2v) is 16.2. The lowest BCUT2D eigenvalue weighted by Crippen LogP contribution is -2.55. The van der Waals surface area contributed by atoms with Crippen LogP contribution in [0.5, 0.6) is 0 Å². The zero-order chi connectivity index (χ0) is 18.4. The fourth-order valence-electron chi connectivity index (χ4n) is 1.48. The van der Waals surface area contributed by atoms with Crippen molar-refractivity contribution in [2.24, 2.45) is 9.98 Å². The average Bonchev–Trinajstić information content (AvgIpc) is 2.35. The Labute approximate surface area is 143 Å². The molecule has 1 aliphatic rings. The second-order valence-electron chi connectivity index (χ2n) is 7.03. The molecule has 0 aliphatic carbocycles. The molecule has 0 bridgehead atoms. The first-order chi connectivity index (χ1) is 10.9. The number of nitrogens with two attached hydrogens (primary N) is 1. The highest BCUT2D eigenvalue weighted by Gasteiger charge is 2.24. The van der Waals surface area contributed by atoms with E-state index in [1.54, 1.807) is 6.34 Å². The Morgan fingerprint density at radius 1 is 1.21 bits per heavy atom. The van der Waals surface area contributed by atoms with Gasteiger partial charge in [-0.25, -0.2) is 19.8 Å². The number of guanidine groups is 1. The molecule has 1 unspecified atom stereocenters. The highest BCUT2D eigenvalue weighted by Crippen LogP contribution is 2.08. The van der Waals surface area contributed by atoms with Gasteiger partial charge in [0.05, 0.1) is 0 Å². The Hall–Kier alpha value is -2.06. The highest BCUT2D eigenvalue weighted by molar-refractivity contribution is 6.75. The van der Waals surface area contributed by atoms with Gasteiger partial charge in [-0.3, -0.25) is 4.98 Å². The van der Waals surface area contributed by atoms with E-state index in [9.17, 15) is 4.79 Å². The Bertz CT molecular complexity index is 647. The molecule has 0 saturated carbocycles. The number of hydrogen-bond donors (Lipinski definition) is 4. The Balaban J connectivity index is 0.000000300. The molecule has 0 spiro atoms. The predicted octanol–water partition coefficient (Wildman–Crippen LogP) is 0.281. The van der Waals surface area contributed by atoms with Crippen molar-refractivity contribution < 1.29 is 4.43 Å². The second kappa shape index (κ2) is 8.16. The van der Waals surface area contributed by atoms with Gasteiger partial charge in [0, 0.05) is 0 Å². The van der Waals surface area contributed by atoms with E-state index in [0.29, 0.717) is 0 Å². The molecule has 1 aromatic rings. The van der Waals surface area contributed by atoms with Gasteiger partial charge in [0.15, 0.2) is 14.3 Å². The van der Waals surface area contributed by atoms with Crippen LogP contribution in [0.15, 0.2) is 21.1 Å². The molecule has 1 aliphatic heterocycles. The van der Waals surface area contributed by atoms with Gasteiger partial charge in [0.2, 0.25) is 12.3 Å². The minimum absolute atomic E-state index is 0.0880. The van der Waals surface area contributed by atoms with Gasteiger partial charge in [-0.05, 0) is 19.6 Å². The van der Waals surface area contributed by atoms with Crippen molar-refractivity contribution >= 4 is 34.8 Å². The van der Waals surface area contributed by atoms with E-state index in [4.69, 9.17) is 10.2 Å². The van der Waals surface area contributed by atoms with Crippen LogP contribution in [0.1, 0.15) is 0 Å². The number of aromatic amines is 1. The summed E-state index contributed by atoms with van der Waals surface area (Å²) >= 11 is 0. The third-order valence-electron chi connectivity index (χ3n) is 2.21. The van der Waals surface area contributed by atoms with Crippen molar-refractivity contribution in [3.05, 3.63) is 16.8 Å². The molecule has 0 fully saturated rings. The van der Waals surface area contributed by atoms with E-state index >= 15 is 0 Å². The Morgan fingerprint density at radius 2 is 1.88 bits per heavy atom. The minimum Gasteiger partial charge on any atom is -0.382 e. The number of rotatable bonds is 3. The summed E-state index contributed by atoms with van der Waals surface area (Å²) in [4.78, 5) is 30.8. The molecule has 24 heavy (non-hydrogen) atoms. The summed E-state index contributed by atoms with van der Waals surface area (Å²) in [6.07, 6.45) is 2.38. The quantitative estimate of drug-likeness (QED) is 0.560. The topological polar surface area (TPSA) is 143 Å². The highest BCUT2D eigenvalue weighted by atomic mass is 28.4. The molecule has 12 heteroatoms. The molecule has 5 N–H and O–H groups in total. The SMILES string of the molecule is C[Si](C)(C)NC1=NC=NC(O[Si](C)(C)C)N1.Nc1ncnc(=O)[nH]1. The van der Waals surface area contributed by atoms with Crippen LogP contribution in [-0.4, -0.2) is 50.2 Å². The molecule has 0 radical (unpaired) electrons. The van der Waals surface area contributed by atoms with Crippen LogP contribution in [0, 0.1) is 0 Å². The number of nitrogens with zero attached hydrogens (tertiary/aromatic N) is 4. The molecule has 1 atom stereocenters. The first-order valence-electron chi connectivity index (χ1n) is 7.43. The Kier molecular flexibility index (Phi) is 6.80. The van der Waals surface area contributed by atoms with Crippen molar-refractivity contribution in [2.45, 2.75) is 45.6 Å². The van der Waals surface area contributed by atoms with Crippen LogP contribution in [0.4, 0.5) is 5.95 Å². The maximum Gasteiger partial charge on any atom is 0.349 e. The van der Waals surface area contributed by atoms with Crippen LogP contribution >= 0.6 is 0 Å². The number of hydrogen-bond acceptors (Lipinski definition) is 9. The van der Waals surface area contributed by atoms with E-state index in [1.165, 1.54) is 0 Å². The van der Waals surface area contributed by atoms with Crippen LogP contribution in [-0.2, 0) is 4.43 Å². The monoisotopic (exact) mass is 370 g/mol. The maximum absolute atomic E-state index is 10.2.